The smallest absolute Gasteiger partial charge is 0.330 e. The van der Waals surface area contributed by atoms with Gasteiger partial charge in [0.1, 0.15) is 6.21 Å². The molecule has 0 saturated heterocycles. The summed E-state index contributed by atoms with van der Waals surface area (Å²) in [6.45, 7) is 0. The summed E-state index contributed by atoms with van der Waals surface area (Å²) in [6, 6.07) is 7.87. The van der Waals surface area contributed by atoms with Crippen LogP contribution >= 0.6 is 0 Å². The molecular weight excluding hydrogens is 238 g/mol. The fraction of sp³-hybridized carbons (Fsp3) is 0. The van der Waals surface area contributed by atoms with Crippen molar-refractivity contribution in [1.29, 1.82) is 0 Å². The zero-order valence-electron chi connectivity index (χ0n) is 9.24. The first-order chi connectivity index (χ1) is 8.59. The van der Waals surface area contributed by atoms with E-state index < -0.39 is 11.0 Å². The topological polar surface area (TPSA) is 123 Å². The molecule has 1 aromatic carbocycles. The summed E-state index contributed by atoms with van der Waals surface area (Å²) in [6.07, 6.45) is 2.03. The Kier molecular flexibility index (Phi) is 4.85. The van der Waals surface area contributed by atoms with Crippen LogP contribution in [0.2, 0.25) is 0 Å². The van der Waals surface area contributed by atoms with Crippen LogP contribution in [0.3, 0.4) is 0 Å². The number of hydrazine groups is 1. The first-order valence-electron chi connectivity index (χ1n) is 4.84. The van der Waals surface area contributed by atoms with E-state index in [4.69, 9.17) is 5.73 Å². The molecule has 0 aliphatic rings. The van der Waals surface area contributed by atoms with E-state index in [0.717, 1.165) is 12.4 Å². The van der Waals surface area contributed by atoms with Crippen molar-refractivity contribution in [2.75, 3.05) is 0 Å². The number of nitrogens with zero attached hydrogens (tertiary/aromatic N) is 2. The second-order valence-electron chi connectivity index (χ2n) is 3.05. The Hall–Kier alpha value is -2.90. The number of carbonyl (C=O) groups excluding carboxylic acids is 1. The Labute approximate surface area is 102 Å². The summed E-state index contributed by atoms with van der Waals surface area (Å²) in [5.74, 6) is 0. The van der Waals surface area contributed by atoms with Crippen LogP contribution in [0.4, 0.5) is 10.5 Å². The van der Waals surface area contributed by atoms with E-state index in [-0.39, 0.29) is 5.70 Å². The van der Waals surface area contributed by atoms with Gasteiger partial charge in [0.25, 0.3) is 0 Å². The molecule has 0 aliphatic carbocycles. The van der Waals surface area contributed by atoms with Crippen LogP contribution in [-0.4, -0.2) is 17.2 Å². The maximum absolute atomic E-state index is 10.7. The lowest BCUT2D eigenvalue weighted by atomic mass is 10.3. The molecule has 0 bridgehead atoms. The van der Waals surface area contributed by atoms with Crippen LogP contribution < -0.4 is 16.6 Å². The Morgan fingerprint density at radius 1 is 1.39 bits per heavy atom. The average molecular weight is 249 g/mol. The Morgan fingerprint density at radius 3 is 2.61 bits per heavy atom. The maximum Gasteiger partial charge on any atom is 0.330 e. The normalized spacial score (nSPS) is 11.2. The summed E-state index contributed by atoms with van der Waals surface area (Å²) in [7, 11) is 0. The van der Waals surface area contributed by atoms with Gasteiger partial charge in [-0.3, -0.25) is 21.0 Å². The van der Waals surface area contributed by atoms with Crippen LogP contribution in [0.1, 0.15) is 0 Å². The van der Waals surface area contributed by atoms with E-state index in [1.807, 2.05) is 11.5 Å². The van der Waals surface area contributed by atoms with Gasteiger partial charge < -0.3 is 5.73 Å². The molecule has 4 N–H and O–H groups in total. The number of nitrogens with two attached hydrogens (primary N) is 1. The molecule has 0 fully saturated rings. The van der Waals surface area contributed by atoms with Gasteiger partial charge in [0.2, 0.25) is 0 Å². The van der Waals surface area contributed by atoms with Crippen LogP contribution in [0, 0.1) is 10.1 Å². The van der Waals surface area contributed by atoms with E-state index in [1.54, 1.807) is 24.3 Å². The highest BCUT2D eigenvalue weighted by Gasteiger charge is 2.06. The number of aliphatic imine (C=N–C) groups is 1. The monoisotopic (exact) mass is 249 g/mol. The number of allylic oxidation sites excluding steroid dienone is 1. The number of hydrogen-bond acceptors (Lipinski definition) is 5. The van der Waals surface area contributed by atoms with Gasteiger partial charge >= 0.3 is 11.7 Å². The average Bonchev–Trinajstić information content (AvgIpc) is 2.34. The van der Waals surface area contributed by atoms with Gasteiger partial charge in [-0.2, -0.15) is 0 Å². The molecule has 0 radical (unpaired) electrons. The number of benzene rings is 1. The molecular formula is C10H11N5O3. The number of rotatable bonds is 5. The molecule has 18 heavy (non-hydrogen) atoms. The Balaban J connectivity index is 2.72. The first-order valence-corrected chi connectivity index (χ1v) is 4.84. The van der Waals surface area contributed by atoms with E-state index in [9.17, 15) is 14.9 Å². The van der Waals surface area contributed by atoms with Crippen LogP contribution in [0.15, 0.2) is 47.2 Å². The lowest BCUT2D eigenvalue weighted by Crippen LogP contribution is -2.38. The van der Waals surface area contributed by atoms with E-state index >= 15 is 0 Å². The fourth-order valence-electron chi connectivity index (χ4n) is 0.973. The number of urea groups is 1. The number of hydrogen-bond donors (Lipinski definition) is 3. The number of primary amides is 1. The second kappa shape index (κ2) is 6.63. The molecule has 0 spiro atoms. The zero-order valence-corrected chi connectivity index (χ0v) is 9.24. The summed E-state index contributed by atoms with van der Waals surface area (Å²) in [5, 5.41) is 10.7. The summed E-state index contributed by atoms with van der Waals surface area (Å²) in [5.41, 5.74) is 9.18. The van der Waals surface area contributed by atoms with Crippen molar-refractivity contribution < 1.29 is 9.72 Å². The minimum absolute atomic E-state index is 0.326. The molecule has 0 unspecified atom stereocenters. The van der Waals surface area contributed by atoms with Crippen molar-refractivity contribution in [3.05, 3.63) is 52.3 Å². The molecule has 1 rings (SSSR count). The van der Waals surface area contributed by atoms with Crippen LogP contribution in [0.25, 0.3) is 0 Å². The highest BCUT2D eigenvalue weighted by molar-refractivity contribution is 5.78. The number of para-hydroxylation sites is 1. The number of carbonyl (C=O) groups is 1. The molecule has 0 aliphatic heterocycles. The van der Waals surface area contributed by atoms with Gasteiger partial charge in [-0.05, 0) is 12.1 Å². The maximum atomic E-state index is 10.7. The lowest BCUT2D eigenvalue weighted by Gasteiger charge is -1.98. The molecule has 0 atom stereocenters. The largest absolute Gasteiger partial charge is 0.350 e. The molecule has 8 nitrogen and oxygen atoms in total. The van der Waals surface area contributed by atoms with Crippen molar-refractivity contribution in [1.82, 2.24) is 10.9 Å². The number of nitro groups is 1. The van der Waals surface area contributed by atoms with E-state index in [1.165, 1.54) is 0 Å². The van der Waals surface area contributed by atoms with Crippen molar-refractivity contribution in [3.8, 4) is 0 Å². The standard InChI is InChI=1S/C10H11N5O3/c11-10(16)14-13-7-9(15(17)18)6-12-8-4-2-1-3-5-8/h1-7,13H,(H3,11,14,16). The fourth-order valence-corrected chi connectivity index (χ4v) is 0.973. The molecule has 94 valence electrons. The van der Waals surface area contributed by atoms with Gasteiger partial charge in [0.15, 0.2) is 0 Å². The molecule has 2 amide bonds. The summed E-state index contributed by atoms with van der Waals surface area (Å²) < 4.78 is 0. The van der Waals surface area contributed by atoms with Crippen molar-refractivity contribution >= 4 is 17.9 Å². The molecule has 0 heterocycles. The molecule has 1 aromatic rings. The van der Waals surface area contributed by atoms with Crippen LogP contribution in [0.5, 0.6) is 0 Å². The third-order valence-electron chi connectivity index (χ3n) is 1.73. The Morgan fingerprint density at radius 2 is 2.06 bits per heavy atom. The predicted molar refractivity (Wildman–Crippen MR) is 65.5 cm³/mol. The van der Waals surface area contributed by atoms with Gasteiger partial charge in [0.05, 0.1) is 16.8 Å². The molecule has 0 saturated carbocycles. The Bertz CT molecular complexity index is 484. The first kappa shape index (κ1) is 13.2. The zero-order chi connectivity index (χ0) is 13.4. The van der Waals surface area contributed by atoms with Crippen LogP contribution in [-0.2, 0) is 0 Å². The predicted octanol–water partition coefficient (Wildman–Crippen LogP) is 0.680. The highest BCUT2D eigenvalue weighted by Crippen LogP contribution is 2.09. The van der Waals surface area contributed by atoms with Gasteiger partial charge in [0, 0.05) is 0 Å². The molecule has 0 aromatic heterocycles. The van der Waals surface area contributed by atoms with E-state index in [2.05, 4.69) is 10.4 Å². The second-order valence-corrected chi connectivity index (χ2v) is 3.05. The minimum Gasteiger partial charge on any atom is -0.350 e. The third-order valence-corrected chi connectivity index (χ3v) is 1.73. The summed E-state index contributed by atoms with van der Waals surface area (Å²) >= 11 is 0. The third kappa shape index (κ3) is 4.75. The van der Waals surface area contributed by atoms with Crippen molar-refractivity contribution in [3.63, 3.8) is 0 Å². The van der Waals surface area contributed by atoms with E-state index in [0.29, 0.717) is 5.69 Å². The van der Waals surface area contributed by atoms with Crippen molar-refractivity contribution in [2.45, 2.75) is 0 Å². The summed E-state index contributed by atoms with van der Waals surface area (Å²) in [4.78, 5) is 24.3. The number of amides is 2. The quantitative estimate of drug-likeness (QED) is 0.403. The minimum atomic E-state index is -0.853. The van der Waals surface area contributed by atoms with Gasteiger partial charge in [-0.25, -0.2) is 9.79 Å². The highest BCUT2D eigenvalue weighted by atomic mass is 16.6. The van der Waals surface area contributed by atoms with Gasteiger partial charge in [-0.1, -0.05) is 18.2 Å². The number of nitrogens with one attached hydrogen (secondary N) is 2. The van der Waals surface area contributed by atoms with Gasteiger partial charge in [-0.15, -0.1) is 0 Å². The lowest BCUT2D eigenvalue weighted by molar-refractivity contribution is -0.414. The molecule has 8 heteroatoms. The SMILES string of the molecule is NC(=O)NNC=C(C=Nc1ccccc1)[N+](=O)[O-]. The van der Waals surface area contributed by atoms with Crippen molar-refractivity contribution in [2.24, 2.45) is 10.7 Å².